The van der Waals surface area contributed by atoms with Crippen LogP contribution in [0.15, 0.2) is 47.6 Å². The number of ether oxygens (including phenoxy) is 2. The average Bonchev–Trinajstić information content (AvgIpc) is 3.80. The number of aliphatic hydroxyl groups is 1. The number of esters is 1. The number of Topliss-reactive ketones (excluding diaryl/α,β-unsaturated/α-hetero) is 1. The Kier molecular flexibility index (Phi) is 19.4. The van der Waals surface area contributed by atoms with E-state index in [1.807, 2.05) is 19.9 Å². The molecule has 0 aromatic heterocycles. The molecule has 0 spiro atoms. The van der Waals surface area contributed by atoms with Crippen LogP contribution in [0.25, 0.3) is 0 Å². The standard InChI is InChI=1S/C50H92O8Si3/c1-34-28-35(2)30-43-42(55-43)27-25-23-24-26-36(3)46(53)54-39(6)31-37(4)44(52)45(57-60(19,20)48(10,11)12)41(51)32-40(56-59(17,18)47(7,8)9)33-50(16,38(5)29-34)58-61(21,22)49(13,14)15/h25-27,29,35,37,39-40,42-45,52H,1,23-24,28,30-33H2,2-22H3/b27-25+,36-26+,38-29+/t35-,37-,39+,40-,42+,43+,44+,45+,50-/m1/s1. The third-order valence-electron chi connectivity index (χ3n) is 14.6. The van der Waals surface area contributed by atoms with Crippen LogP contribution in [0.1, 0.15) is 149 Å². The molecule has 0 aromatic rings. The molecule has 9 atom stereocenters. The molecule has 61 heavy (non-hydrogen) atoms. The topological polar surface area (TPSA) is 104 Å². The minimum atomic E-state index is -2.57. The Bertz CT molecular complexity index is 1590. The van der Waals surface area contributed by atoms with Crippen LogP contribution in [0.4, 0.5) is 0 Å². The van der Waals surface area contributed by atoms with Gasteiger partial charge < -0.3 is 27.9 Å². The summed E-state index contributed by atoms with van der Waals surface area (Å²) in [5.41, 5.74) is 1.88. The van der Waals surface area contributed by atoms with E-state index in [-0.39, 0.29) is 45.5 Å². The molecule has 11 heteroatoms. The molecule has 352 valence electrons. The predicted octanol–water partition coefficient (Wildman–Crippen LogP) is 13.2. The first-order chi connectivity index (χ1) is 27.4. The summed E-state index contributed by atoms with van der Waals surface area (Å²) in [6.07, 6.45) is 9.67. The Morgan fingerprint density at radius 1 is 0.803 bits per heavy atom. The Hall–Kier alpha value is -1.45. The lowest BCUT2D eigenvalue weighted by molar-refractivity contribution is -0.146. The van der Waals surface area contributed by atoms with Crippen molar-refractivity contribution in [2.45, 2.75) is 245 Å². The molecule has 1 fully saturated rings. The largest absolute Gasteiger partial charge is 0.459 e. The van der Waals surface area contributed by atoms with Crippen molar-refractivity contribution >= 4 is 36.7 Å². The molecule has 0 bridgehead atoms. The van der Waals surface area contributed by atoms with Gasteiger partial charge in [0.05, 0.1) is 30.0 Å². The molecule has 1 N–H and O–H groups in total. The lowest BCUT2D eigenvalue weighted by Crippen LogP contribution is -2.54. The SMILES string of the molecule is C=C1/C=C(\C)[C@](C)(O[Si](C)(C)C(C)(C)C)C[C@H](O[Si](C)(C)C(C)(C)C)CC(=O)[C@H](O[Si](C)(C)C(C)(C)C)[C@@H](O)[C@H](C)C[C@H](C)OC(=O)/C(C)=C/CC/C=C/[C@@H]2O[C@H]2C[C@H](C)C1. The zero-order valence-corrected chi connectivity index (χ0v) is 45.9. The second kappa shape index (κ2) is 21.2. The summed E-state index contributed by atoms with van der Waals surface area (Å²) in [5, 5.41) is 11.8. The van der Waals surface area contributed by atoms with Gasteiger partial charge >= 0.3 is 5.97 Å². The molecule has 2 aliphatic rings. The minimum absolute atomic E-state index is 0.0584. The van der Waals surface area contributed by atoms with Gasteiger partial charge in [0.1, 0.15) is 12.2 Å². The third-order valence-corrected chi connectivity index (χ3v) is 28.2. The van der Waals surface area contributed by atoms with E-state index in [0.717, 1.165) is 30.4 Å². The quantitative estimate of drug-likeness (QED) is 0.122. The van der Waals surface area contributed by atoms with Crippen molar-refractivity contribution in [3.05, 3.63) is 47.6 Å². The van der Waals surface area contributed by atoms with Gasteiger partial charge in [-0.2, -0.15) is 0 Å². The maximum absolute atomic E-state index is 15.1. The van der Waals surface area contributed by atoms with Crippen LogP contribution in [0, 0.1) is 11.8 Å². The highest BCUT2D eigenvalue weighted by atomic mass is 28.4. The monoisotopic (exact) mass is 905 g/mol. The summed E-state index contributed by atoms with van der Waals surface area (Å²) in [5.74, 6) is -0.594. The molecule has 0 saturated carbocycles. The average molecular weight is 906 g/mol. The van der Waals surface area contributed by atoms with E-state index in [2.05, 4.69) is 147 Å². The molecule has 2 heterocycles. The number of carbonyl (C=O) groups excluding carboxylic acids is 2. The van der Waals surface area contributed by atoms with E-state index >= 15 is 4.79 Å². The fraction of sp³-hybridized carbons (Fsp3) is 0.800. The second-order valence-corrected chi connectivity index (χ2v) is 38.0. The van der Waals surface area contributed by atoms with Gasteiger partial charge in [-0.15, -0.1) is 0 Å². The fourth-order valence-electron chi connectivity index (χ4n) is 7.30. The molecule has 8 nitrogen and oxygen atoms in total. The lowest BCUT2D eigenvalue weighted by atomic mass is 9.85. The van der Waals surface area contributed by atoms with Gasteiger partial charge in [-0.3, -0.25) is 4.79 Å². The molecule has 0 amide bonds. The number of ketones is 1. The summed E-state index contributed by atoms with van der Waals surface area (Å²) in [6.45, 7) is 49.8. The second-order valence-electron chi connectivity index (χ2n) is 23.7. The van der Waals surface area contributed by atoms with Gasteiger partial charge in [-0.05, 0) is 132 Å². The first-order valence-corrected chi connectivity index (χ1v) is 32.0. The molecule has 1 saturated heterocycles. The molecule has 0 aliphatic carbocycles. The third kappa shape index (κ3) is 16.5. The van der Waals surface area contributed by atoms with Crippen LogP contribution in [-0.4, -0.2) is 84.0 Å². The highest BCUT2D eigenvalue weighted by molar-refractivity contribution is 6.75. The fourth-order valence-corrected chi connectivity index (χ4v) is 11.6. The van der Waals surface area contributed by atoms with Crippen molar-refractivity contribution in [3.8, 4) is 0 Å². The van der Waals surface area contributed by atoms with Gasteiger partial charge in [-0.1, -0.05) is 113 Å². The number of carbonyl (C=O) groups is 2. The molecule has 0 aromatic carbocycles. The number of hydrogen-bond acceptors (Lipinski definition) is 8. The van der Waals surface area contributed by atoms with Crippen LogP contribution < -0.4 is 0 Å². The van der Waals surface area contributed by atoms with E-state index < -0.39 is 60.9 Å². The van der Waals surface area contributed by atoms with Crippen molar-refractivity contribution < 1.29 is 37.4 Å². The summed E-state index contributed by atoms with van der Waals surface area (Å²) in [4.78, 5) is 28.3. The van der Waals surface area contributed by atoms with E-state index in [0.29, 0.717) is 30.8 Å². The van der Waals surface area contributed by atoms with Gasteiger partial charge in [0.25, 0.3) is 0 Å². The number of allylic oxidation sites excluding steroid dienone is 4. The maximum atomic E-state index is 15.1. The number of epoxide rings is 1. The van der Waals surface area contributed by atoms with Crippen molar-refractivity contribution in [1.29, 1.82) is 0 Å². The zero-order chi connectivity index (χ0) is 47.3. The van der Waals surface area contributed by atoms with E-state index in [9.17, 15) is 9.90 Å². The van der Waals surface area contributed by atoms with Crippen LogP contribution in [0.5, 0.6) is 0 Å². The zero-order valence-electron chi connectivity index (χ0n) is 42.9. The number of rotatable bonds is 6. The highest BCUT2D eigenvalue weighted by Crippen LogP contribution is 2.45. The normalized spacial score (nSPS) is 33.4. The van der Waals surface area contributed by atoms with Crippen LogP contribution in [0.2, 0.25) is 54.4 Å². The first kappa shape index (κ1) is 55.7. The van der Waals surface area contributed by atoms with E-state index in [4.69, 9.17) is 22.8 Å². The van der Waals surface area contributed by atoms with Crippen LogP contribution in [0.3, 0.4) is 0 Å². The minimum Gasteiger partial charge on any atom is -0.459 e. The molecule has 0 unspecified atom stereocenters. The Balaban J connectivity index is 2.79. The molecular weight excluding hydrogens is 813 g/mol. The van der Waals surface area contributed by atoms with Crippen LogP contribution >= 0.6 is 0 Å². The molecule has 2 rings (SSSR count). The van der Waals surface area contributed by atoms with Gasteiger partial charge in [0.15, 0.2) is 30.7 Å². The van der Waals surface area contributed by atoms with Gasteiger partial charge in [0, 0.05) is 18.4 Å². The summed E-state index contributed by atoms with van der Waals surface area (Å²) >= 11 is 0. The maximum Gasteiger partial charge on any atom is 0.333 e. The Morgan fingerprint density at radius 2 is 1.34 bits per heavy atom. The molecular formula is C50H92O8Si3. The number of fused-ring (bicyclic) bond motifs is 1. The lowest BCUT2D eigenvalue weighted by Gasteiger charge is -2.47. The Morgan fingerprint density at radius 3 is 1.89 bits per heavy atom. The molecule has 2 aliphatic heterocycles. The number of aliphatic hydroxyl groups excluding tert-OH is 1. The predicted molar refractivity (Wildman–Crippen MR) is 262 cm³/mol. The van der Waals surface area contributed by atoms with Gasteiger partial charge in [-0.25, -0.2) is 4.79 Å². The van der Waals surface area contributed by atoms with Crippen LogP contribution in [-0.2, 0) is 32.3 Å². The van der Waals surface area contributed by atoms with Crippen molar-refractivity contribution in [3.63, 3.8) is 0 Å². The summed E-state index contributed by atoms with van der Waals surface area (Å²) < 4.78 is 33.6. The first-order valence-electron chi connectivity index (χ1n) is 23.3. The van der Waals surface area contributed by atoms with E-state index in [1.165, 1.54) is 0 Å². The Labute approximate surface area is 377 Å². The van der Waals surface area contributed by atoms with Gasteiger partial charge in [0.2, 0.25) is 0 Å². The highest BCUT2D eigenvalue weighted by Gasteiger charge is 2.49. The number of hydrogen-bond donors (Lipinski definition) is 1. The van der Waals surface area contributed by atoms with Crippen molar-refractivity contribution in [2.24, 2.45) is 11.8 Å². The molecule has 0 radical (unpaired) electrons. The van der Waals surface area contributed by atoms with Crippen molar-refractivity contribution in [2.75, 3.05) is 0 Å². The smallest absolute Gasteiger partial charge is 0.333 e. The van der Waals surface area contributed by atoms with Crippen molar-refractivity contribution in [1.82, 2.24) is 0 Å². The summed E-state index contributed by atoms with van der Waals surface area (Å²) in [7, 11) is -7.40. The summed E-state index contributed by atoms with van der Waals surface area (Å²) in [6, 6.07) is 0. The van der Waals surface area contributed by atoms with E-state index in [1.54, 1.807) is 6.92 Å². The number of cyclic esters (lactones) is 1.